The van der Waals surface area contributed by atoms with E-state index in [0.717, 1.165) is 22.3 Å². The normalized spacial score (nSPS) is 14.0. The van der Waals surface area contributed by atoms with Crippen LogP contribution in [0, 0.1) is 5.41 Å². The topological polar surface area (TPSA) is 95.9 Å². The Balaban J connectivity index is 1.76. The molecule has 1 aliphatic rings. The number of hydrogen-bond acceptors (Lipinski definition) is 4. The van der Waals surface area contributed by atoms with E-state index in [1.807, 2.05) is 57.2 Å². The predicted molar refractivity (Wildman–Crippen MR) is 135 cm³/mol. The highest BCUT2D eigenvalue weighted by atomic mass is 16.5. The summed E-state index contributed by atoms with van der Waals surface area (Å²) in [5.74, 6) is -1.64. The van der Waals surface area contributed by atoms with Crippen molar-refractivity contribution in [3.05, 3.63) is 59.7 Å². The highest BCUT2D eigenvalue weighted by molar-refractivity contribution is 5.88. The zero-order valence-electron chi connectivity index (χ0n) is 21.4. The summed E-state index contributed by atoms with van der Waals surface area (Å²) in [5.41, 5.74) is 3.45. The molecule has 0 saturated heterocycles. The summed E-state index contributed by atoms with van der Waals surface area (Å²) in [5, 5.41) is 12.1. The van der Waals surface area contributed by atoms with Gasteiger partial charge >= 0.3 is 12.1 Å². The molecule has 0 radical (unpaired) electrons. The molecule has 1 atom stereocenters. The lowest BCUT2D eigenvalue weighted by atomic mass is 9.87. The first-order chi connectivity index (χ1) is 16.3. The zero-order valence-corrected chi connectivity index (χ0v) is 21.4. The Labute approximate surface area is 207 Å². The molecule has 0 aromatic heterocycles. The van der Waals surface area contributed by atoms with Crippen molar-refractivity contribution in [2.75, 3.05) is 13.2 Å². The van der Waals surface area contributed by atoms with E-state index in [0.29, 0.717) is 6.42 Å². The molecule has 0 saturated carbocycles. The van der Waals surface area contributed by atoms with E-state index in [2.05, 4.69) is 17.4 Å². The quantitative estimate of drug-likeness (QED) is 0.579. The molecule has 2 N–H and O–H groups in total. The van der Waals surface area contributed by atoms with Gasteiger partial charge in [0.2, 0.25) is 5.91 Å². The summed E-state index contributed by atoms with van der Waals surface area (Å²) in [6.07, 6.45) is -0.360. The van der Waals surface area contributed by atoms with Gasteiger partial charge in [-0.1, -0.05) is 69.3 Å². The number of nitrogens with zero attached hydrogens (tertiary/aromatic N) is 1. The molecule has 0 aliphatic heterocycles. The van der Waals surface area contributed by atoms with E-state index in [9.17, 15) is 19.5 Å². The fourth-order valence-electron chi connectivity index (χ4n) is 4.56. The van der Waals surface area contributed by atoms with Gasteiger partial charge in [0, 0.05) is 11.5 Å². The van der Waals surface area contributed by atoms with Gasteiger partial charge in [0.1, 0.15) is 19.2 Å². The summed E-state index contributed by atoms with van der Waals surface area (Å²) in [6, 6.07) is 15.2. The van der Waals surface area contributed by atoms with Crippen molar-refractivity contribution < 1.29 is 24.2 Å². The molecule has 2 aromatic rings. The number of fused-ring (bicyclic) bond motifs is 3. The van der Waals surface area contributed by atoms with Gasteiger partial charge in [0.25, 0.3) is 0 Å². The molecule has 2 aromatic carbocycles. The third kappa shape index (κ3) is 6.41. The Hall–Kier alpha value is -3.35. The number of carbonyl (C=O) groups excluding carboxylic acids is 2. The van der Waals surface area contributed by atoms with E-state index in [-0.39, 0.29) is 17.9 Å². The summed E-state index contributed by atoms with van der Waals surface area (Å²) in [6.45, 7) is 10.9. The molecule has 7 nitrogen and oxygen atoms in total. The van der Waals surface area contributed by atoms with Crippen LogP contribution in [0.3, 0.4) is 0 Å². The molecule has 0 spiro atoms. The average Bonchev–Trinajstić information content (AvgIpc) is 3.07. The first-order valence-electron chi connectivity index (χ1n) is 11.9. The van der Waals surface area contributed by atoms with E-state index >= 15 is 0 Å². The maximum absolute atomic E-state index is 13.4. The van der Waals surface area contributed by atoms with E-state index in [1.54, 1.807) is 20.8 Å². The zero-order chi connectivity index (χ0) is 26.0. The Morgan fingerprint density at radius 2 is 1.46 bits per heavy atom. The Morgan fingerprint density at radius 3 is 1.91 bits per heavy atom. The SMILES string of the molecule is CC(C)(C)CC(NC(=O)OCC1c2ccccc2-c2ccccc21)C(=O)N(CC(=O)O)C(C)(C)C. The Kier molecular flexibility index (Phi) is 7.58. The maximum Gasteiger partial charge on any atom is 0.407 e. The second-order valence-electron chi connectivity index (χ2n) is 11.3. The highest BCUT2D eigenvalue weighted by Crippen LogP contribution is 2.44. The number of benzene rings is 2. The number of carboxylic acid groups (broad SMARTS) is 1. The van der Waals surface area contributed by atoms with Gasteiger partial charge < -0.3 is 20.1 Å². The Morgan fingerprint density at radius 1 is 0.943 bits per heavy atom. The number of carbonyl (C=O) groups is 3. The summed E-state index contributed by atoms with van der Waals surface area (Å²) in [4.78, 5) is 39.0. The van der Waals surface area contributed by atoms with Gasteiger partial charge in [-0.3, -0.25) is 9.59 Å². The van der Waals surface area contributed by atoms with Crippen molar-refractivity contribution in [2.24, 2.45) is 5.41 Å². The van der Waals surface area contributed by atoms with Crippen LogP contribution in [-0.4, -0.2) is 52.7 Å². The number of nitrogens with one attached hydrogen (secondary N) is 1. The van der Waals surface area contributed by atoms with E-state index in [4.69, 9.17) is 4.74 Å². The molecule has 2 amide bonds. The lowest BCUT2D eigenvalue weighted by molar-refractivity contribution is -0.149. The number of ether oxygens (including phenoxy) is 1. The molecule has 0 fully saturated rings. The van der Waals surface area contributed by atoms with Crippen molar-refractivity contribution in [1.29, 1.82) is 0 Å². The smallest absolute Gasteiger partial charge is 0.407 e. The van der Waals surface area contributed by atoms with Gasteiger partial charge in [-0.25, -0.2) is 4.79 Å². The lowest BCUT2D eigenvalue weighted by Crippen LogP contribution is -2.57. The van der Waals surface area contributed by atoms with Crippen LogP contribution in [0.15, 0.2) is 48.5 Å². The van der Waals surface area contributed by atoms with Crippen LogP contribution in [0.2, 0.25) is 0 Å². The van der Waals surface area contributed by atoms with Crippen molar-refractivity contribution in [1.82, 2.24) is 10.2 Å². The van der Waals surface area contributed by atoms with Crippen molar-refractivity contribution >= 4 is 18.0 Å². The van der Waals surface area contributed by atoms with E-state index in [1.165, 1.54) is 4.90 Å². The van der Waals surface area contributed by atoms with Gasteiger partial charge in [0.15, 0.2) is 0 Å². The molecule has 7 heteroatoms. The third-order valence-corrected chi connectivity index (χ3v) is 6.12. The number of rotatable bonds is 7. The standard InChI is InChI=1S/C28H36N2O5/c1-27(2,3)15-23(25(33)30(16-24(31)32)28(4,5)6)29-26(34)35-17-22-20-13-9-7-11-18(20)19-12-8-10-14-21(19)22/h7-14,22-23H,15-17H2,1-6H3,(H,29,34)(H,31,32). The molecule has 0 bridgehead atoms. The fraction of sp³-hybridized carbons (Fsp3) is 0.464. The van der Waals surface area contributed by atoms with Crippen LogP contribution in [-0.2, 0) is 14.3 Å². The van der Waals surface area contributed by atoms with Crippen LogP contribution in [0.25, 0.3) is 11.1 Å². The number of hydrogen-bond donors (Lipinski definition) is 2. The molecule has 188 valence electrons. The number of carboxylic acids is 1. The molecule has 3 rings (SSSR count). The highest BCUT2D eigenvalue weighted by Gasteiger charge is 2.36. The molecular formula is C28H36N2O5. The van der Waals surface area contributed by atoms with Crippen LogP contribution in [0.4, 0.5) is 4.79 Å². The Bertz CT molecular complexity index is 1050. The summed E-state index contributed by atoms with van der Waals surface area (Å²) < 4.78 is 5.64. The summed E-state index contributed by atoms with van der Waals surface area (Å²) in [7, 11) is 0. The van der Waals surface area contributed by atoms with Crippen LogP contribution in [0.5, 0.6) is 0 Å². The molecule has 35 heavy (non-hydrogen) atoms. The predicted octanol–water partition coefficient (Wildman–Crippen LogP) is 5.04. The van der Waals surface area contributed by atoms with Gasteiger partial charge in [-0.2, -0.15) is 0 Å². The fourth-order valence-corrected chi connectivity index (χ4v) is 4.56. The number of amides is 2. The van der Waals surface area contributed by atoms with Gasteiger partial charge in [-0.05, 0) is 54.9 Å². The summed E-state index contributed by atoms with van der Waals surface area (Å²) >= 11 is 0. The maximum atomic E-state index is 13.4. The van der Waals surface area contributed by atoms with Crippen molar-refractivity contribution in [2.45, 2.75) is 65.5 Å². The van der Waals surface area contributed by atoms with Crippen molar-refractivity contribution in [3.63, 3.8) is 0 Å². The first-order valence-corrected chi connectivity index (χ1v) is 11.9. The largest absolute Gasteiger partial charge is 0.480 e. The monoisotopic (exact) mass is 480 g/mol. The third-order valence-electron chi connectivity index (χ3n) is 6.12. The second kappa shape index (κ2) is 10.1. The first kappa shape index (κ1) is 26.3. The minimum Gasteiger partial charge on any atom is -0.480 e. The molecule has 0 heterocycles. The minimum atomic E-state index is -1.11. The van der Waals surface area contributed by atoms with Crippen molar-refractivity contribution in [3.8, 4) is 11.1 Å². The number of aliphatic carboxylic acids is 1. The minimum absolute atomic E-state index is 0.0944. The lowest BCUT2D eigenvalue weighted by Gasteiger charge is -2.38. The average molecular weight is 481 g/mol. The number of alkyl carbamates (subject to hydrolysis) is 1. The molecule has 1 unspecified atom stereocenters. The van der Waals surface area contributed by atoms with E-state index < -0.39 is 36.1 Å². The van der Waals surface area contributed by atoms with Crippen LogP contribution in [0.1, 0.15) is 65.0 Å². The molecule has 1 aliphatic carbocycles. The van der Waals surface area contributed by atoms with Crippen LogP contribution < -0.4 is 5.32 Å². The van der Waals surface area contributed by atoms with Gasteiger partial charge in [0.05, 0.1) is 0 Å². The van der Waals surface area contributed by atoms with Gasteiger partial charge in [-0.15, -0.1) is 0 Å². The second-order valence-corrected chi connectivity index (χ2v) is 11.3. The van der Waals surface area contributed by atoms with Crippen LogP contribution >= 0.6 is 0 Å². The molecular weight excluding hydrogens is 444 g/mol.